The molecule has 0 heterocycles. The summed E-state index contributed by atoms with van der Waals surface area (Å²) in [6.07, 6.45) is 0. The predicted molar refractivity (Wildman–Crippen MR) is 70.5 cm³/mol. The summed E-state index contributed by atoms with van der Waals surface area (Å²) in [6.45, 7) is 0. The first kappa shape index (κ1) is 13.7. The summed E-state index contributed by atoms with van der Waals surface area (Å²) in [5, 5.41) is 0. The van der Waals surface area contributed by atoms with E-state index in [4.69, 9.17) is 4.74 Å². The molecule has 0 unspecified atom stereocenters. The van der Waals surface area contributed by atoms with Gasteiger partial charge in [0.15, 0.2) is 17.3 Å². The molecule has 0 aliphatic rings. The first-order valence-electron chi connectivity index (χ1n) is 5.36. The lowest BCUT2D eigenvalue weighted by atomic mass is 10.0. The largest absolute Gasteiger partial charge is 0.494 e. The highest BCUT2D eigenvalue weighted by Crippen LogP contribution is 2.28. The van der Waals surface area contributed by atoms with Gasteiger partial charge in [0.25, 0.3) is 0 Å². The fourth-order valence-electron chi connectivity index (χ4n) is 1.62. The van der Waals surface area contributed by atoms with Gasteiger partial charge >= 0.3 is 0 Å². The van der Waals surface area contributed by atoms with E-state index in [2.05, 4.69) is 15.9 Å². The van der Waals surface area contributed by atoms with Gasteiger partial charge < -0.3 is 4.74 Å². The zero-order valence-corrected chi connectivity index (χ0v) is 11.5. The number of methoxy groups -OCH3 is 1. The van der Waals surface area contributed by atoms with E-state index in [0.717, 1.165) is 6.07 Å². The fourth-order valence-corrected chi connectivity index (χ4v) is 2.11. The molecule has 0 atom stereocenters. The van der Waals surface area contributed by atoms with Gasteiger partial charge in [-0.05, 0) is 52.3 Å². The van der Waals surface area contributed by atoms with E-state index in [9.17, 15) is 13.6 Å². The molecule has 0 aliphatic heterocycles. The van der Waals surface area contributed by atoms with Crippen LogP contribution in [0.25, 0.3) is 0 Å². The molecule has 0 N–H and O–H groups in total. The lowest BCUT2D eigenvalue weighted by molar-refractivity contribution is 0.103. The fraction of sp³-hybridized carbons (Fsp3) is 0.0714. The number of ether oxygens (including phenoxy) is 1. The third-order valence-electron chi connectivity index (χ3n) is 2.59. The lowest BCUT2D eigenvalue weighted by Gasteiger charge is -2.08. The molecule has 2 nitrogen and oxygen atoms in total. The summed E-state index contributed by atoms with van der Waals surface area (Å²) in [6, 6.07) is 7.62. The maximum Gasteiger partial charge on any atom is 0.194 e. The lowest BCUT2D eigenvalue weighted by Crippen LogP contribution is -2.04. The maximum absolute atomic E-state index is 13.4. The number of halogens is 3. The standard InChI is InChI=1S/C14H9BrF2O2/c1-19-13-6-10(11(15)7-12(13)17)14(18)8-2-4-9(16)5-3-8/h2-7H,1H3. The van der Waals surface area contributed by atoms with Crippen LogP contribution in [0.15, 0.2) is 40.9 Å². The van der Waals surface area contributed by atoms with Crippen LogP contribution in [-0.2, 0) is 0 Å². The zero-order valence-electron chi connectivity index (χ0n) is 9.91. The second-order valence-electron chi connectivity index (χ2n) is 3.80. The average Bonchev–Trinajstić information content (AvgIpc) is 2.39. The SMILES string of the molecule is COc1cc(C(=O)c2ccc(F)cc2)c(Br)cc1F. The highest BCUT2D eigenvalue weighted by Gasteiger charge is 2.16. The maximum atomic E-state index is 13.4. The number of hydrogen-bond donors (Lipinski definition) is 0. The minimum atomic E-state index is -0.565. The highest BCUT2D eigenvalue weighted by atomic mass is 79.9. The molecule has 0 saturated carbocycles. The van der Waals surface area contributed by atoms with Crippen LogP contribution in [-0.4, -0.2) is 12.9 Å². The molecule has 0 aromatic heterocycles. The Morgan fingerprint density at radius 3 is 2.37 bits per heavy atom. The molecular weight excluding hydrogens is 318 g/mol. The Balaban J connectivity index is 2.46. The minimum absolute atomic E-state index is 0.0198. The van der Waals surface area contributed by atoms with E-state index < -0.39 is 11.6 Å². The summed E-state index contributed by atoms with van der Waals surface area (Å²) in [7, 11) is 1.32. The number of benzene rings is 2. The Labute approximate surface area is 117 Å². The summed E-state index contributed by atoms with van der Waals surface area (Å²) in [4.78, 5) is 12.2. The van der Waals surface area contributed by atoms with Gasteiger partial charge in [-0.15, -0.1) is 0 Å². The molecule has 5 heteroatoms. The Hall–Kier alpha value is -1.75. The molecule has 0 spiro atoms. The molecular formula is C14H9BrF2O2. The Bertz CT molecular complexity index is 624. The van der Waals surface area contributed by atoms with Crippen molar-refractivity contribution in [3.63, 3.8) is 0 Å². The molecule has 0 fully saturated rings. The van der Waals surface area contributed by atoms with Crippen LogP contribution in [0.4, 0.5) is 8.78 Å². The van der Waals surface area contributed by atoms with E-state index in [1.165, 1.54) is 37.4 Å². The smallest absolute Gasteiger partial charge is 0.194 e. The number of ketones is 1. The van der Waals surface area contributed by atoms with Gasteiger partial charge in [0.1, 0.15) is 5.82 Å². The zero-order chi connectivity index (χ0) is 14.0. The van der Waals surface area contributed by atoms with Crippen LogP contribution in [0.5, 0.6) is 5.75 Å². The van der Waals surface area contributed by atoms with Crippen LogP contribution >= 0.6 is 15.9 Å². The van der Waals surface area contributed by atoms with Crippen LogP contribution in [0.1, 0.15) is 15.9 Å². The molecule has 0 aliphatic carbocycles. The van der Waals surface area contributed by atoms with Gasteiger partial charge in [0.05, 0.1) is 7.11 Å². The summed E-state index contributed by atoms with van der Waals surface area (Å²) < 4.78 is 31.4. The molecule has 2 rings (SSSR count). The van der Waals surface area contributed by atoms with Crippen molar-refractivity contribution in [2.24, 2.45) is 0 Å². The monoisotopic (exact) mass is 326 g/mol. The second-order valence-corrected chi connectivity index (χ2v) is 4.66. The van der Waals surface area contributed by atoms with Crippen molar-refractivity contribution in [2.45, 2.75) is 0 Å². The minimum Gasteiger partial charge on any atom is -0.494 e. The van der Waals surface area contributed by atoms with E-state index in [-0.39, 0.29) is 17.1 Å². The second kappa shape index (κ2) is 5.48. The van der Waals surface area contributed by atoms with Gasteiger partial charge in [-0.3, -0.25) is 4.79 Å². The first-order chi connectivity index (χ1) is 9.02. The van der Waals surface area contributed by atoms with Gasteiger partial charge in [0, 0.05) is 15.6 Å². The molecule has 2 aromatic carbocycles. The normalized spacial score (nSPS) is 10.3. The van der Waals surface area contributed by atoms with Crippen molar-refractivity contribution in [3.8, 4) is 5.75 Å². The number of carbonyl (C=O) groups is 1. The quantitative estimate of drug-likeness (QED) is 0.798. The molecule has 0 amide bonds. The first-order valence-corrected chi connectivity index (χ1v) is 6.15. The van der Waals surface area contributed by atoms with Crippen molar-refractivity contribution in [1.29, 1.82) is 0 Å². The Morgan fingerprint density at radius 2 is 1.79 bits per heavy atom. The number of hydrogen-bond acceptors (Lipinski definition) is 2. The Kier molecular flexibility index (Phi) is 3.95. The van der Waals surface area contributed by atoms with Crippen molar-refractivity contribution in [3.05, 3.63) is 63.6 Å². The average molecular weight is 327 g/mol. The summed E-state index contributed by atoms with van der Waals surface area (Å²) >= 11 is 3.13. The number of rotatable bonds is 3. The molecule has 0 bridgehead atoms. The van der Waals surface area contributed by atoms with Crippen LogP contribution in [0.2, 0.25) is 0 Å². The van der Waals surface area contributed by atoms with Crippen LogP contribution in [0.3, 0.4) is 0 Å². The molecule has 2 aromatic rings. The topological polar surface area (TPSA) is 26.3 Å². The molecule has 0 saturated heterocycles. The molecule has 0 radical (unpaired) electrons. The van der Waals surface area contributed by atoms with Crippen molar-refractivity contribution >= 4 is 21.7 Å². The highest BCUT2D eigenvalue weighted by molar-refractivity contribution is 9.10. The van der Waals surface area contributed by atoms with Crippen molar-refractivity contribution in [1.82, 2.24) is 0 Å². The van der Waals surface area contributed by atoms with Gasteiger partial charge in [-0.1, -0.05) is 0 Å². The van der Waals surface area contributed by atoms with Crippen molar-refractivity contribution < 1.29 is 18.3 Å². The van der Waals surface area contributed by atoms with E-state index in [1.807, 2.05) is 0 Å². The van der Waals surface area contributed by atoms with Crippen LogP contribution < -0.4 is 4.74 Å². The third kappa shape index (κ3) is 2.81. The summed E-state index contributed by atoms with van der Waals surface area (Å²) in [5.41, 5.74) is 0.570. The number of carbonyl (C=O) groups excluding carboxylic acids is 1. The van der Waals surface area contributed by atoms with E-state index in [1.54, 1.807) is 0 Å². The molecule has 19 heavy (non-hydrogen) atoms. The van der Waals surface area contributed by atoms with Gasteiger partial charge in [-0.25, -0.2) is 8.78 Å². The van der Waals surface area contributed by atoms with Crippen LogP contribution in [0, 0.1) is 11.6 Å². The van der Waals surface area contributed by atoms with E-state index >= 15 is 0 Å². The van der Waals surface area contributed by atoms with Crippen molar-refractivity contribution in [2.75, 3.05) is 7.11 Å². The summed E-state index contributed by atoms with van der Waals surface area (Å²) in [5.74, 6) is -1.35. The van der Waals surface area contributed by atoms with E-state index in [0.29, 0.717) is 10.0 Å². The van der Waals surface area contributed by atoms with Gasteiger partial charge in [-0.2, -0.15) is 0 Å². The third-order valence-corrected chi connectivity index (χ3v) is 3.25. The van der Waals surface area contributed by atoms with Gasteiger partial charge in [0.2, 0.25) is 0 Å². The molecule has 98 valence electrons. The predicted octanol–water partition coefficient (Wildman–Crippen LogP) is 3.97. The Morgan fingerprint density at radius 1 is 1.16 bits per heavy atom.